The number of thiazole rings is 1. The first-order valence-electron chi connectivity index (χ1n) is 7.70. The Bertz CT molecular complexity index is 637. The van der Waals surface area contributed by atoms with Crippen molar-refractivity contribution in [2.45, 2.75) is 45.4 Å². The van der Waals surface area contributed by atoms with Gasteiger partial charge in [0.1, 0.15) is 5.71 Å². The Kier molecular flexibility index (Phi) is 4.24. The van der Waals surface area contributed by atoms with Crippen LogP contribution >= 0.6 is 11.3 Å². The van der Waals surface area contributed by atoms with Crippen LogP contribution in [0.5, 0.6) is 0 Å². The van der Waals surface area contributed by atoms with Crippen LogP contribution in [0.4, 0.5) is 5.13 Å². The molecule has 1 aromatic heterocycles. The molecule has 118 valence electrons. The van der Waals surface area contributed by atoms with Crippen molar-refractivity contribution in [1.29, 1.82) is 0 Å². The number of hydrogen-bond donors (Lipinski definition) is 1. The van der Waals surface area contributed by atoms with E-state index in [1.54, 1.807) is 18.4 Å². The number of anilines is 1. The topological polar surface area (TPSA) is 74.7 Å². The van der Waals surface area contributed by atoms with Crippen molar-refractivity contribution in [3.63, 3.8) is 0 Å². The van der Waals surface area contributed by atoms with E-state index in [1.165, 1.54) is 22.7 Å². The van der Waals surface area contributed by atoms with Crippen molar-refractivity contribution in [3.8, 4) is 0 Å². The maximum Gasteiger partial charge on any atom is 0.273 e. The molecule has 2 heterocycles. The molecule has 0 saturated heterocycles. The summed E-state index contributed by atoms with van der Waals surface area (Å²) in [5.41, 5.74) is 1.52. The minimum absolute atomic E-state index is 0.0631. The molecule has 1 atom stereocenters. The number of aromatic nitrogens is 1. The van der Waals surface area contributed by atoms with Crippen LogP contribution in [0.1, 0.15) is 43.2 Å². The molecule has 0 fully saturated rings. The molecule has 2 aliphatic rings. The molecule has 22 heavy (non-hydrogen) atoms. The van der Waals surface area contributed by atoms with Crippen LogP contribution < -0.4 is 5.32 Å². The van der Waals surface area contributed by atoms with Crippen LogP contribution in [0, 0.1) is 5.92 Å². The van der Waals surface area contributed by atoms with E-state index in [0.29, 0.717) is 23.7 Å². The summed E-state index contributed by atoms with van der Waals surface area (Å²) in [6, 6.07) is 0. The Balaban J connectivity index is 1.69. The summed E-state index contributed by atoms with van der Waals surface area (Å²) in [6.07, 6.45) is 5.15. The number of carbonyl (C=O) groups is 2. The minimum Gasteiger partial charge on any atom is -0.297 e. The highest BCUT2D eigenvalue weighted by atomic mass is 32.1. The second-order valence-corrected chi connectivity index (χ2v) is 6.91. The van der Waals surface area contributed by atoms with Gasteiger partial charge in [0.25, 0.3) is 5.91 Å². The third-order valence-electron chi connectivity index (χ3n) is 4.31. The fourth-order valence-corrected chi connectivity index (χ4v) is 3.96. The summed E-state index contributed by atoms with van der Waals surface area (Å²) in [4.78, 5) is 29.5. The standard InChI is InChI=1S/C15H20N4O2S/c1-3-9-4-5-10-12(8-9)22-15(16-10)17-14(21)11-6-7-13(20)19(2)18-11/h9H,3-8H2,1-2H3,(H,16,17,21)/t9-/m0/s1. The van der Waals surface area contributed by atoms with Crippen molar-refractivity contribution in [2.75, 3.05) is 12.4 Å². The predicted molar refractivity (Wildman–Crippen MR) is 86.0 cm³/mol. The fourth-order valence-electron chi connectivity index (χ4n) is 2.85. The molecule has 1 aliphatic heterocycles. The van der Waals surface area contributed by atoms with Crippen LogP contribution in [0.25, 0.3) is 0 Å². The summed E-state index contributed by atoms with van der Waals surface area (Å²) >= 11 is 1.57. The van der Waals surface area contributed by atoms with E-state index in [1.807, 2.05) is 0 Å². The Labute approximate surface area is 133 Å². The SMILES string of the molecule is CC[C@H]1CCc2nc(NC(=O)C3=NN(C)C(=O)CC3)sc2C1. The van der Waals surface area contributed by atoms with Gasteiger partial charge in [-0.2, -0.15) is 5.10 Å². The van der Waals surface area contributed by atoms with Gasteiger partial charge in [-0.1, -0.05) is 13.3 Å². The van der Waals surface area contributed by atoms with Gasteiger partial charge < -0.3 is 0 Å². The number of nitrogens with zero attached hydrogens (tertiary/aromatic N) is 3. The lowest BCUT2D eigenvalue weighted by Crippen LogP contribution is -2.34. The molecule has 1 aliphatic carbocycles. The van der Waals surface area contributed by atoms with Crippen molar-refractivity contribution in [1.82, 2.24) is 9.99 Å². The van der Waals surface area contributed by atoms with E-state index >= 15 is 0 Å². The van der Waals surface area contributed by atoms with Gasteiger partial charge in [-0.3, -0.25) is 14.9 Å². The van der Waals surface area contributed by atoms with Crippen LogP contribution in [-0.4, -0.2) is 34.6 Å². The smallest absolute Gasteiger partial charge is 0.273 e. The fraction of sp³-hybridized carbons (Fsp3) is 0.600. The Morgan fingerprint density at radius 2 is 2.23 bits per heavy atom. The number of amides is 2. The molecule has 0 radical (unpaired) electrons. The third-order valence-corrected chi connectivity index (χ3v) is 5.34. The molecule has 0 saturated carbocycles. The van der Waals surface area contributed by atoms with Crippen molar-refractivity contribution < 1.29 is 9.59 Å². The second kappa shape index (κ2) is 6.16. The van der Waals surface area contributed by atoms with Crippen LogP contribution in [0.2, 0.25) is 0 Å². The van der Waals surface area contributed by atoms with Gasteiger partial charge in [0.15, 0.2) is 5.13 Å². The largest absolute Gasteiger partial charge is 0.297 e. The lowest BCUT2D eigenvalue weighted by Gasteiger charge is -2.18. The number of nitrogens with one attached hydrogen (secondary N) is 1. The van der Waals surface area contributed by atoms with Crippen molar-refractivity contribution in [3.05, 3.63) is 10.6 Å². The highest BCUT2D eigenvalue weighted by Crippen LogP contribution is 2.33. The zero-order valence-corrected chi connectivity index (χ0v) is 13.7. The second-order valence-electron chi connectivity index (χ2n) is 5.82. The molecule has 3 rings (SSSR count). The lowest BCUT2D eigenvalue weighted by atomic mass is 9.89. The quantitative estimate of drug-likeness (QED) is 0.928. The van der Waals surface area contributed by atoms with Gasteiger partial charge in [-0.25, -0.2) is 9.99 Å². The van der Waals surface area contributed by atoms with Gasteiger partial charge >= 0.3 is 0 Å². The lowest BCUT2D eigenvalue weighted by molar-refractivity contribution is -0.130. The van der Waals surface area contributed by atoms with Crippen molar-refractivity contribution in [2.24, 2.45) is 11.0 Å². The van der Waals surface area contributed by atoms with Gasteiger partial charge in [0, 0.05) is 24.8 Å². The molecule has 7 heteroatoms. The molecule has 1 N–H and O–H groups in total. The molecule has 0 spiro atoms. The summed E-state index contributed by atoms with van der Waals surface area (Å²) in [6.45, 7) is 2.22. The monoisotopic (exact) mass is 320 g/mol. The van der Waals surface area contributed by atoms with Gasteiger partial charge in [0.05, 0.1) is 5.69 Å². The van der Waals surface area contributed by atoms with Gasteiger partial charge in [-0.05, 0) is 25.2 Å². The summed E-state index contributed by atoms with van der Waals surface area (Å²) in [5.74, 6) is 0.420. The van der Waals surface area contributed by atoms with Gasteiger partial charge in [0.2, 0.25) is 5.91 Å². The third kappa shape index (κ3) is 3.04. The summed E-state index contributed by atoms with van der Waals surface area (Å²) < 4.78 is 0. The molecule has 1 aromatic rings. The van der Waals surface area contributed by atoms with Crippen LogP contribution in [0.15, 0.2) is 5.10 Å². The number of fused-ring (bicyclic) bond motifs is 1. The Hall–Kier alpha value is -1.76. The number of hydrogen-bond acceptors (Lipinski definition) is 5. The predicted octanol–water partition coefficient (Wildman–Crippen LogP) is 2.20. The summed E-state index contributed by atoms with van der Waals surface area (Å²) in [5, 5.41) is 8.75. The molecule has 0 bridgehead atoms. The minimum atomic E-state index is -0.252. The maximum atomic E-state index is 12.2. The van der Waals surface area contributed by atoms with Crippen molar-refractivity contribution >= 4 is 34.0 Å². The number of aryl methyl sites for hydroxylation is 1. The molecular formula is C15H20N4O2S. The van der Waals surface area contributed by atoms with E-state index in [-0.39, 0.29) is 11.8 Å². The number of hydrazone groups is 1. The summed E-state index contributed by atoms with van der Waals surface area (Å²) in [7, 11) is 1.57. The number of rotatable bonds is 3. The van der Waals surface area contributed by atoms with E-state index in [0.717, 1.165) is 24.5 Å². The molecule has 0 aromatic carbocycles. The average Bonchev–Trinajstić information content (AvgIpc) is 2.90. The first-order valence-corrected chi connectivity index (χ1v) is 8.52. The average molecular weight is 320 g/mol. The molecule has 6 nitrogen and oxygen atoms in total. The van der Waals surface area contributed by atoms with E-state index in [4.69, 9.17) is 0 Å². The number of carbonyl (C=O) groups excluding carboxylic acids is 2. The first kappa shape index (κ1) is 15.1. The normalized spacial score (nSPS) is 21.4. The Morgan fingerprint density at radius 1 is 1.41 bits per heavy atom. The zero-order chi connectivity index (χ0) is 15.7. The van der Waals surface area contributed by atoms with Crippen LogP contribution in [-0.2, 0) is 22.4 Å². The Morgan fingerprint density at radius 3 is 2.95 bits per heavy atom. The van der Waals surface area contributed by atoms with E-state index < -0.39 is 0 Å². The molecule has 0 unspecified atom stereocenters. The van der Waals surface area contributed by atoms with E-state index in [9.17, 15) is 9.59 Å². The van der Waals surface area contributed by atoms with Gasteiger partial charge in [-0.15, -0.1) is 11.3 Å². The maximum absolute atomic E-state index is 12.2. The van der Waals surface area contributed by atoms with Crippen LogP contribution in [0.3, 0.4) is 0 Å². The van der Waals surface area contributed by atoms with E-state index in [2.05, 4.69) is 22.3 Å². The highest BCUT2D eigenvalue weighted by Gasteiger charge is 2.25. The zero-order valence-electron chi connectivity index (χ0n) is 12.9. The first-order chi connectivity index (χ1) is 10.6. The molecular weight excluding hydrogens is 300 g/mol. The molecule has 2 amide bonds. The highest BCUT2D eigenvalue weighted by molar-refractivity contribution is 7.16.